The normalized spacial score (nSPS) is 11.2. The van der Waals surface area contributed by atoms with Crippen LogP contribution in [0.15, 0.2) is 12.2 Å². The van der Waals surface area contributed by atoms with Crippen LogP contribution in [0.1, 0.15) is 20.8 Å². The molecule has 13 heavy (non-hydrogen) atoms. The molecule has 0 aromatic heterocycles. The van der Waals surface area contributed by atoms with Crippen LogP contribution in [0.2, 0.25) is 0 Å². The van der Waals surface area contributed by atoms with E-state index in [-0.39, 0.29) is 5.91 Å². The summed E-state index contributed by atoms with van der Waals surface area (Å²) in [6.45, 7) is 9.73. The Bertz CT molecular complexity index is 209. The quantitative estimate of drug-likeness (QED) is 0.620. The highest BCUT2D eigenvalue weighted by Gasteiger charge is 2.29. The van der Waals surface area contributed by atoms with Crippen molar-refractivity contribution in [1.29, 1.82) is 0 Å². The molecule has 0 N–H and O–H groups in total. The fourth-order valence-electron chi connectivity index (χ4n) is 1.02. The highest BCUT2D eigenvalue weighted by molar-refractivity contribution is 5.84. The number of amides is 1. The summed E-state index contributed by atoms with van der Waals surface area (Å²) in [7, 11) is 3.28. The molecule has 0 aliphatic rings. The summed E-state index contributed by atoms with van der Waals surface area (Å²) in [5, 5.41) is 0. The highest BCUT2D eigenvalue weighted by Crippen LogP contribution is 2.11. The van der Waals surface area contributed by atoms with Crippen molar-refractivity contribution >= 4 is 5.91 Å². The summed E-state index contributed by atoms with van der Waals surface area (Å²) in [6.07, 6.45) is 0. The Labute approximate surface area is 80.4 Å². The van der Waals surface area contributed by atoms with Crippen LogP contribution in [0, 0.1) is 0 Å². The van der Waals surface area contributed by atoms with Gasteiger partial charge in [-0.25, -0.2) is 0 Å². The number of likely N-dealkylation sites (N-methyl/N-ethyl adjacent to an activating group) is 1. The van der Waals surface area contributed by atoms with E-state index in [1.807, 2.05) is 6.92 Å². The first-order valence-electron chi connectivity index (χ1n) is 4.26. The van der Waals surface area contributed by atoms with E-state index in [0.29, 0.717) is 6.54 Å². The van der Waals surface area contributed by atoms with E-state index in [4.69, 9.17) is 4.74 Å². The average Bonchev–Trinajstić information content (AvgIpc) is 2.01. The van der Waals surface area contributed by atoms with Crippen LogP contribution in [-0.4, -0.2) is 37.1 Å². The molecule has 0 aliphatic carbocycles. The van der Waals surface area contributed by atoms with Gasteiger partial charge in [-0.15, -0.1) is 0 Å². The second-order valence-electron chi connectivity index (χ2n) is 3.83. The van der Waals surface area contributed by atoms with Crippen LogP contribution in [-0.2, 0) is 9.53 Å². The van der Waals surface area contributed by atoms with Crippen LogP contribution < -0.4 is 0 Å². The molecular weight excluding hydrogens is 166 g/mol. The van der Waals surface area contributed by atoms with E-state index in [9.17, 15) is 4.79 Å². The zero-order valence-electron chi connectivity index (χ0n) is 9.18. The lowest BCUT2D eigenvalue weighted by Gasteiger charge is -2.28. The molecule has 0 fully saturated rings. The molecular formula is C10H19NO2. The van der Waals surface area contributed by atoms with Crippen molar-refractivity contribution in [3.63, 3.8) is 0 Å². The van der Waals surface area contributed by atoms with Gasteiger partial charge in [0.2, 0.25) is 0 Å². The molecule has 0 atom stereocenters. The molecule has 1 amide bonds. The van der Waals surface area contributed by atoms with Crippen LogP contribution in [0.25, 0.3) is 0 Å². The number of rotatable bonds is 4. The first kappa shape index (κ1) is 12.2. The topological polar surface area (TPSA) is 29.5 Å². The summed E-state index contributed by atoms with van der Waals surface area (Å²) in [6, 6.07) is 0. The molecule has 3 heteroatoms. The van der Waals surface area contributed by atoms with Crippen molar-refractivity contribution in [2.24, 2.45) is 0 Å². The highest BCUT2D eigenvalue weighted by atomic mass is 16.5. The van der Waals surface area contributed by atoms with E-state index in [1.54, 1.807) is 25.8 Å². The maximum atomic E-state index is 11.7. The first-order valence-corrected chi connectivity index (χ1v) is 4.26. The Morgan fingerprint density at radius 1 is 1.54 bits per heavy atom. The number of hydrogen-bond donors (Lipinski definition) is 0. The van der Waals surface area contributed by atoms with E-state index >= 15 is 0 Å². The molecule has 3 nitrogen and oxygen atoms in total. The average molecular weight is 185 g/mol. The lowest BCUT2D eigenvalue weighted by molar-refractivity contribution is -0.149. The number of carbonyl (C=O) groups is 1. The molecule has 0 aromatic rings. The van der Waals surface area contributed by atoms with Crippen molar-refractivity contribution in [3.05, 3.63) is 12.2 Å². The van der Waals surface area contributed by atoms with E-state index in [2.05, 4.69) is 6.58 Å². The smallest absolute Gasteiger partial charge is 0.254 e. The van der Waals surface area contributed by atoms with Crippen molar-refractivity contribution in [1.82, 2.24) is 4.90 Å². The third-order valence-corrected chi connectivity index (χ3v) is 1.88. The minimum atomic E-state index is -0.746. The van der Waals surface area contributed by atoms with Crippen molar-refractivity contribution in [2.75, 3.05) is 20.7 Å². The van der Waals surface area contributed by atoms with Gasteiger partial charge >= 0.3 is 0 Å². The molecule has 0 unspecified atom stereocenters. The lowest BCUT2D eigenvalue weighted by atomic mass is 10.1. The predicted molar refractivity (Wildman–Crippen MR) is 53.5 cm³/mol. The number of hydrogen-bond acceptors (Lipinski definition) is 2. The fraction of sp³-hybridized carbons (Fsp3) is 0.700. The maximum Gasteiger partial charge on any atom is 0.254 e. The predicted octanol–water partition coefficient (Wildman–Crippen LogP) is 1.45. The van der Waals surface area contributed by atoms with Gasteiger partial charge in [0.05, 0.1) is 0 Å². The molecule has 0 radical (unpaired) electrons. The molecule has 0 saturated heterocycles. The monoisotopic (exact) mass is 185 g/mol. The zero-order chi connectivity index (χ0) is 10.6. The minimum Gasteiger partial charge on any atom is -0.369 e. The summed E-state index contributed by atoms with van der Waals surface area (Å²) in [4.78, 5) is 13.3. The number of methoxy groups -OCH3 is 1. The van der Waals surface area contributed by atoms with Gasteiger partial charge in [-0.1, -0.05) is 12.2 Å². The molecule has 0 heterocycles. The van der Waals surface area contributed by atoms with Gasteiger partial charge in [0.1, 0.15) is 5.60 Å². The first-order chi connectivity index (χ1) is 5.81. The van der Waals surface area contributed by atoms with Gasteiger partial charge in [0, 0.05) is 20.7 Å². The Morgan fingerprint density at radius 2 is 2.00 bits per heavy atom. The lowest BCUT2D eigenvalue weighted by Crippen LogP contribution is -2.45. The van der Waals surface area contributed by atoms with Crippen LogP contribution in [0.4, 0.5) is 0 Å². The summed E-state index contributed by atoms with van der Waals surface area (Å²) in [5.41, 5.74) is 0.215. The van der Waals surface area contributed by atoms with Crippen molar-refractivity contribution in [3.8, 4) is 0 Å². The number of carbonyl (C=O) groups excluding carboxylic acids is 1. The largest absolute Gasteiger partial charge is 0.369 e. The Balaban J connectivity index is 4.34. The van der Waals surface area contributed by atoms with Crippen LogP contribution in [0.3, 0.4) is 0 Å². The fourth-order valence-corrected chi connectivity index (χ4v) is 1.02. The van der Waals surface area contributed by atoms with Crippen molar-refractivity contribution in [2.45, 2.75) is 26.4 Å². The Kier molecular flexibility index (Phi) is 4.14. The molecule has 0 bridgehead atoms. The molecule has 0 aliphatic heterocycles. The van der Waals surface area contributed by atoms with Gasteiger partial charge in [-0.3, -0.25) is 4.79 Å². The third-order valence-electron chi connectivity index (χ3n) is 1.88. The third kappa shape index (κ3) is 3.59. The summed E-state index contributed by atoms with van der Waals surface area (Å²) in [5.74, 6) is -0.0296. The van der Waals surface area contributed by atoms with Gasteiger partial charge in [-0.05, 0) is 20.8 Å². The molecule has 0 spiro atoms. The summed E-state index contributed by atoms with van der Waals surface area (Å²) >= 11 is 0. The van der Waals surface area contributed by atoms with Crippen LogP contribution in [0.5, 0.6) is 0 Å². The molecule has 0 saturated carbocycles. The van der Waals surface area contributed by atoms with Crippen LogP contribution >= 0.6 is 0 Å². The molecule has 0 rings (SSSR count). The van der Waals surface area contributed by atoms with E-state index in [0.717, 1.165) is 5.57 Å². The SMILES string of the molecule is C=C(C)CN(C)C(=O)C(C)(C)OC. The second kappa shape index (κ2) is 4.42. The Hall–Kier alpha value is -0.830. The standard InChI is InChI=1S/C10H19NO2/c1-8(2)7-11(5)9(12)10(3,4)13-6/h1,7H2,2-6H3. The van der Waals surface area contributed by atoms with Crippen molar-refractivity contribution < 1.29 is 9.53 Å². The number of ether oxygens (including phenoxy) is 1. The zero-order valence-corrected chi connectivity index (χ0v) is 9.18. The number of nitrogens with zero attached hydrogens (tertiary/aromatic N) is 1. The minimum absolute atomic E-state index is 0.0296. The van der Waals surface area contributed by atoms with Gasteiger partial charge in [0.25, 0.3) is 5.91 Å². The molecule has 0 aromatic carbocycles. The summed E-state index contributed by atoms with van der Waals surface area (Å²) < 4.78 is 5.08. The molecule has 76 valence electrons. The van der Waals surface area contributed by atoms with Gasteiger partial charge in [-0.2, -0.15) is 0 Å². The maximum absolute atomic E-state index is 11.7. The van der Waals surface area contributed by atoms with E-state index < -0.39 is 5.60 Å². The van der Waals surface area contributed by atoms with Gasteiger partial charge < -0.3 is 9.64 Å². The van der Waals surface area contributed by atoms with E-state index in [1.165, 1.54) is 7.11 Å². The Morgan fingerprint density at radius 3 is 2.31 bits per heavy atom. The second-order valence-corrected chi connectivity index (χ2v) is 3.83. The van der Waals surface area contributed by atoms with Gasteiger partial charge in [0.15, 0.2) is 0 Å².